The van der Waals surface area contributed by atoms with Crippen molar-refractivity contribution in [3.8, 4) is 0 Å². The molecule has 2 aromatic rings. The number of hydrogen-bond donors (Lipinski definition) is 3. The van der Waals surface area contributed by atoms with Crippen LogP contribution in [0.1, 0.15) is 147 Å². The summed E-state index contributed by atoms with van der Waals surface area (Å²) in [6.45, 7) is 7.94. The normalized spacial score (nSPS) is 37.2. The van der Waals surface area contributed by atoms with Gasteiger partial charge in [0, 0.05) is 58.5 Å². The number of benzene rings is 2. The molecule has 0 bridgehead atoms. The van der Waals surface area contributed by atoms with Crippen LogP contribution in [0, 0.1) is 39.9 Å². The molecule has 79 heavy (non-hydrogen) atoms. The van der Waals surface area contributed by atoms with Crippen LogP contribution in [0.5, 0.6) is 0 Å². The standard InChI is InChI=1S/C32H41F5O4S.C27H29F5O4S/c1-26(2)17-40-29(41-18-26)13-10-24-25-21(9-12-28(24,38)16-29)23-11-14-30(39,31(33,34)32(35,36)37)27(23,3)15-22(25)19-5-7-20(42-4)8-6-19;1-24-14-21(15-3-7-18(8-4-15)37(2,35)36)23-19-10-6-17(33)13-16(19)5-9-20(23)22(24)11-12-25(24,34)26(28,29)27(30,31)32/h5-8,21-23,38-39H,9-18H2,1-4H3;3-4,7-8,13,20-22,34H,5-6,9-12,14H2,1-2H3/t21?,22-,23?,27+,28-,30+;20?,21-,22?,24+,25+/m11/s1. The zero-order valence-corrected chi connectivity index (χ0v) is 46.8. The van der Waals surface area contributed by atoms with E-state index in [2.05, 4.69) is 13.8 Å². The molecule has 3 N–H and O–H groups in total. The first-order valence-electron chi connectivity index (χ1n) is 27.4. The van der Waals surface area contributed by atoms with Gasteiger partial charge in [0.2, 0.25) is 0 Å². The van der Waals surface area contributed by atoms with Crippen molar-refractivity contribution in [3.05, 3.63) is 93.6 Å². The molecule has 0 amide bonds. The van der Waals surface area contributed by atoms with Crippen molar-refractivity contribution in [3.63, 3.8) is 0 Å². The van der Waals surface area contributed by atoms with Crippen molar-refractivity contribution in [1.82, 2.24) is 0 Å². The maximum atomic E-state index is 15.2. The Morgan fingerprint density at radius 2 is 1.11 bits per heavy atom. The van der Waals surface area contributed by atoms with E-state index in [-0.39, 0.29) is 60.0 Å². The highest BCUT2D eigenvalue weighted by Gasteiger charge is 2.81. The molecular weight excluding hydrogens is 1090 g/mol. The van der Waals surface area contributed by atoms with Crippen molar-refractivity contribution in [2.45, 2.75) is 192 Å². The van der Waals surface area contributed by atoms with Gasteiger partial charge in [0.1, 0.15) is 11.2 Å². The highest BCUT2D eigenvalue weighted by atomic mass is 32.2. The number of hydrogen-bond acceptors (Lipinski definition) is 9. The van der Waals surface area contributed by atoms with Crippen molar-refractivity contribution in [2.75, 3.05) is 25.7 Å². The summed E-state index contributed by atoms with van der Waals surface area (Å²) in [5.74, 6) is -14.3. The van der Waals surface area contributed by atoms with Gasteiger partial charge in [-0.1, -0.05) is 63.1 Å². The zero-order valence-electron chi connectivity index (χ0n) is 45.2. The van der Waals surface area contributed by atoms with Gasteiger partial charge in [-0.2, -0.15) is 43.9 Å². The molecule has 9 aliphatic rings. The molecule has 11 rings (SSSR count). The van der Waals surface area contributed by atoms with Crippen LogP contribution in [0.3, 0.4) is 0 Å². The van der Waals surface area contributed by atoms with Crippen LogP contribution >= 0.6 is 11.8 Å². The number of halogens is 10. The summed E-state index contributed by atoms with van der Waals surface area (Å²) in [7, 11) is -3.50. The topological polar surface area (TPSA) is 130 Å². The first-order valence-corrected chi connectivity index (χ1v) is 30.5. The van der Waals surface area contributed by atoms with Crippen LogP contribution in [0.15, 0.2) is 92.3 Å². The fourth-order valence-electron chi connectivity index (χ4n) is 16.8. The summed E-state index contributed by atoms with van der Waals surface area (Å²) >= 11 is 1.55. The average molecular weight is 1160 g/mol. The molecule has 1 spiro atoms. The fourth-order valence-corrected chi connectivity index (χ4v) is 17.8. The number of allylic oxidation sites excluding steroid dienone is 5. The minimum atomic E-state index is -5.91. The third-order valence-corrected chi connectivity index (χ3v) is 22.8. The molecule has 4 unspecified atom stereocenters. The number of alkyl halides is 10. The molecule has 2 aromatic carbocycles. The first kappa shape index (κ1) is 58.9. The molecule has 6 fully saturated rings. The highest BCUT2D eigenvalue weighted by Crippen LogP contribution is 2.73. The molecule has 20 heteroatoms. The fraction of sp³-hybridized carbons (Fsp3) is 0.678. The number of sulfone groups is 1. The summed E-state index contributed by atoms with van der Waals surface area (Å²) < 4.78 is 179. The maximum Gasteiger partial charge on any atom is 0.456 e. The molecule has 1 aliphatic heterocycles. The van der Waals surface area contributed by atoms with E-state index in [0.717, 1.165) is 44.6 Å². The molecule has 11 atom stereocenters. The monoisotopic (exact) mass is 1160 g/mol. The molecule has 0 radical (unpaired) electrons. The van der Waals surface area contributed by atoms with Crippen LogP contribution in [0.2, 0.25) is 0 Å². The average Bonchev–Trinajstić information content (AvgIpc) is 3.01. The number of thioether (sulfide) groups is 1. The van der Waals surface area contributed by atoms with Crippen LogP contribution in [-0.2, 0) is 24.1 Å². The van der Waals surface area contributed by atoms with Gasteiger partial charge in [-0.25, -0.2) is 8.42 Å². The molecule has 8 nitrogen and oxygen atoms in total. The van der Waals surface area contributed by atoms with Crippen LogP contribution in [0.25, 0.3) is 0 Å². The Labute approximate surface area is 459 Å². The van der Waals surface area contributed by atoms with Crippen molar-refractivity contribution in [2.24, 2.45) is 39.9 Å². The predicted octanol–water partition coefficient (Wildman–Crippen LogP) is 13.5. The Hall–Kier alpha value is -3.27. The molecule has 1 saturated heterocycles. The lowest BCUT2D eigenvalue weighted by molar-refractivity contribution is -0.362. The number of ketones is 1. The number of carbonyl (C=O) groups excluding carboxylic acids is 1. The van der Waals surface area contributed by atoms with E-state index < -0.39 is 104 Å². The van der Waals surface area contributed by atoms with Gasteiger partial charge in [-0.15, -0.1) is 11.8 Å². The van der Waals surface area contributed by atoms with Crippen LogP contribution in [-0.4, -0.2) is 102 Å². The summed E-state index contributed by atoms with van der Waals surface area (Å²) in [4.78, 5) is 13.2. The third-order valence-electron chi connectivity index (χ3n) is 20.9. The number of aliphatic hydroxyl groups is 3. The Morgan fingerprint density at radius 3 is 1.61 bits per heavy atom. The summed E-state index contributed by atoms with van der Waals surface area (Å²) in [5.41, 5.74) is -5.25. The summed E-state index contributed by atoms with van der Waals surface area (Å²) in [5, 5.41) is 35.0. The smallest absolute Gasteiger partial charge is 0.385 e. The SMILES string of the molecule is CSc1ccc([C@H]2C[C@@]3(C)C(CC[C@@]3(O)C(F)(F)C(F)(F)F)C3CC[C@@]4(O)CC5(CCC4=C32)OCC(C)(C)CO5)cc1.C[C@]12C[C@H](c3ccc(S(C)(=O)=O)cc3)C3=C4CCC(=O)C=C4CCC3C1CC[C@@]2(O)C(F)(F)C(F)(F)F. The quantitative estimate of drug-likeness (QED) is 0.147. The zero-order chi connectivity index (χ0) is 57.7. The van der Waals surface area contributed by atoms with E-state index in [4.69, 9.17) is 9.47 Å². The van der Waals surface area contributed by atoms with Gasteiger partial charge in [-0.3, -0.25) is 4.79 Å². The van der Waals surface area contributed by atoms with E-state index in [1.165, 1.54) is 26.0 Å². The summed E-state index contributed by atoms with van der Waals surface area (Å²) in [6, 6.07) is 13.7. The summed E-state index contributed by atoms with van der Waals surface area (Å²) in [6.07, 6.45) is -4.69. The Balaban J connectivity index is 0.000000180. The van der Waals surface area contributed by atoms with E-state index in [0.29, 0.717) is 70.1 Å². The van der Waals surface area contributed by atoms with Gasteiger partial charge in [0.15, 0.2) is 21.4 Å². The van der Waals surface area contributed by atoms with Gasteiger partial charge < -0.3 is 24.8 Å². The lowest BCUT2D eigenvalue weighted by Gasteiger charge is -2.59. The van der Waals surface area contributed by atoms with E-state index >= 15 is 8.78 Å². The molecular formula is C59H70F10O8S2. The minimum absolute atomic E-state index is 0.00700. The van der Waals surface area contributed by atoms with Gasteiger partial charge in [0.05, 0.1) is 23.7 Å². The largest absolute Gasteiger partial charge is 0.456 e. The Kier molecular flexibility index (Phi) is 14.3. The number of carbonyl (C=O) groups is 1. The third kappa shape index (κ3) is 9.07. The predicted molar refractivity (Wildman–Crippen MR) is 275 cm³/mol. The second-order valence-corrected chi connectivity index (χ2v) is 28.7. The van der Waals surface area contributed by atoms with E-state index in [1.807, 2.05) is 30.5 Å². The van der Waals surface area contributed by atoms with Gasteiger partial charge in [0.25, 0.3) is 0 Å². The Bertz CT molecular complexity index is 2960. The minimum Gasteiger partial charge on any atom is -0.385 e. The number of ether oxygens (including phenoxy) is 2. The lowest BCUT2D eigenvalue weighted by Crippen LogP contribution is -2.65. The van der Waals surface area contributed by atoms with Crippen molar-refractivity contribution < 1.29 is 81.9 Å². The van der Waals surface area contributed by atoms with Crippen LogP contribution in [0.4, 0.5) is 43.9 Å². The second-order valence-electron chi connectivity index (χ2n) is 25.8. The number of rotatable bonds is 6. The molecule has 8 aliphatic carbocycles. The second kappa shape index (κ2) is 19.1. The van der Waals surface area contributed by atoms with Gasteiger partial charge >= 0.3 is 24.2 Å². The van der Waals surface area contributed by atoms with E-state index in [9.17, 15) is 63.7 Å². The van der Waals surface area contributed by atoms with Crippen molar-refractivity contribution in [1.29, 1.82) is 0 Å². The molecule has 1 heterocycles. The first-order chi connectivity index (χ1) is 36.4. The Morgan fingerprint density at radius 1 is 0.620 bits per heavy atom. The van der Waals surface area contributed by atoms with Crippen molar-refractivity contribution >= 4 is 27.4 Å². The molecule has 0 aromatic heterocycles. The molecule has 436 valence electrons. The lowest BCUT2D eigenvalue weighted by atomic mass is 9.49. The number of fused-ring (bicyclic) bond motifs is 8. The van der Waals surface area contributed by atoms with Gasteiger partial charge in [-0.05, 0) is 165 Å². The maximum absolute atomic E-state index is 15.2. The van der Waals surface area contributed by atoms with E-state index in [1.54, 1.807) is 30.0 Å². The van der Waals surface area contributed by atoms with Crippen LogP contribution < -0.4 is 0 Å². The molecule has 5 saturated carbocycles. The highest BCUT2D eigenvalue weighted by molar-refractivity contribution is 7.98.